The topological polar surface area (TPSA) is 102 Å². The number of anilines is 3. The van der Waals surface area contributed by atoms with Crippen LogP contribution in [0.3, 0.4) is 0 Å². The number of nitrogens with one attached hydrogen (secondary N) is 2. The van der Waals surface area contributed by atoms with E-state index in [2.05, 4.69) is 25.5 Å². The van der Waals surface area contributed by atoms with Gasteiger partial charge >= 0.3 is 0 Å². The Kier molecular flexibility index (Phi) is 2.82. The number of nitrogen functional groups attached to an aromatic ring is 1. The second-order valence-corrected chi connectivity index (χ2v) is 4.06. The monoisotopic (exact) mass is 274 g/mol. The van der Waals surface area contributed by atoms with E-state index >= 15 is 0 Å². The van der Waals surface area contributed by atoms with Gasteiger partial charge in [-0.2, -0.15) is 9.49 Å². The highest BCUT2D eigenvalue weighted by Crippen LogP contribution is 2.32. The second-order valence-electron chi connectivity index (χ2n) is 4.06. The molecule has 3 rings (SSSR count). The molecule has 0 spiro atoms. The fraction of sp³-hybridized carbons (Fsp3) is 0.0833. The first kappa shape index (κ1) is 12.2. The molecule has 2 heterocycles. The molecule has 0 fully saturated rings. The molecule has 0 aliphatic rings. The average Bonchev–Trinajstić information content (AvgIpc) is 2.90. The standard InChI is InChI=1S/C12H11FN6O/c1-20-9-3-7-6(4-17-19-7)2-8(9)18-12-10(13)11(14)15-5-16-12/h2-5H,1H3,(H,17,19)(H3,14,15,16,18). The molecule has 7 nitrogen and oxygen atoms in total. The number of hydrogen-bond donors (Lipinski definition) is 3. The quantitative estimate of drug-likeness (QED) is 0.673. The van der Waals surface area contributed by atoms with E-state index in [9.17, 15) is 4.39 Å². The van der Waals surface area contributed by atoms with Crippen LogP contribution in [0.2, 0.25) is 0 Å². The summed E-state index contributed by atoms with van der Waals surface area (Å²) in [6, 6.07) is 3.53. The van der Waals surface area contributed by atoms with Gasteiger partial charge in [-0.25, -0.2) is 9.97 Å². The lowest BCUT2D eigenvalue weighted by molar-refractivity contribution is 0.417. The van der Waals surface area contributed by atoms with E-state index in [1.54, 1.807) is 18.3 Å². The minimum absolute atomic E-state index is 0.0151. The fourth-order valence-corrected chi connectivity index (χ4v) is 1.84. The number of aromatic nitrogens is 4. The summed E-state index contributed by atoms with van der Waals surface area (Å²) in [5.74, 6) is -0.412. The summed E-state index contributed by atoms with van der Waals surface area (Å²) in [7, 11) is 1.52. The molecule has 2 aromatic heterocycles. The van der Waals surface area contributed by atoms with Crippen LogP contribution in [0.5, 0.6) is 5.75 Å². The Bertz CT molecular complexity index is 772. The van der Waals surface area contributed by atoms with E-state index in [0.29, 0.717) is 11.4 Å². The zero-order chi connectivity index (χ0) is 14.1. The van der Waals surface area contributed by atoms with Gasteiger partial charge < -0.3 is 15.8 Å². The number of benzene rings is 1. The molecule has 0 radical (unpaired) electrons. The Morgan fingerprint density at radius 1 is 1.35 bits per heavy atom. The lowest BCUT2D eigenvalue weighted by Gasteiger charge is -2.11. The molecule has 0 bridgehead atoms. The van der Waals surface area contributed by atoms with Crippen LogP contribution in [-0.4, -0.2) is 27.3 Å². The largest absolute Gasteiger partial charge is 0.494 e. The zero-order valence-electron chi connectivity index (χ0n) is 10.5. The number of rotatable bonds is 3. The number of nitrogens with two attached hydrogens (primary N) is 1. The number of ether oxygens (including phenoxy) is 1. The van der Waals surface area contributed by atoms with Crippen molar-refractivity contribution in [3.63, 3.8) is 0 Å². The maximum absolute atomic E-state index is 13.8. The van der Waals surface area contributed by atoms with Crippen molar-refractivity contribution < 1.29 is 9.13 Å². The van der Waals surface area contributed by atoms with Crippen molar-refractivity contribution in [3.05, 3.63) is 30.5 Å². The first-order valence-corrected chi connectivity index (χ1v) is 5.73. The Hall–Kier alpha value is -2.90. The van der Waals surface area contributed by atoms with Crippen LogP contribution in [0.25, 0.3) is 10.9 Å². The third-order valence-electron chi connectivity index (χ3n) is 2.83. The SMILES string of the molecule is COc1cc2[nH]ncc2cc1Nc1ncnc(N)c1F. The van der Waals surface area contributed by atoms with Crippen molar-refractivity contribution in [1.29, 1.82) is 0 Å². The summed E-state index contributed by atoms with van der Waals surface area (Å²) in [6.45, 7) is 0. The van der Waals surface area contributed by atoms with Crippen LogP contribution >= 0.6 is 0 Å². The molecule has 1 aromatic carbocycles. The van der Waals surface area contributed by atoms with Crippen molar-refractivity contribution in [2.24, 2.45) is 0 Å². The Labute approximate surface area is 113 Å². The third kappa shape index (κ3) is 1.96. The highest BCUT2D eigenvalue weighted by atomic mass is 19.1. The number of halogens is 1. The molecule has 20 heavy (non-hydrogen) atoms. The highest BCUT2D eigenvalue weighted by Gasteiger charge is 2.12. The normalized spacial score (nSPS) is 10.7. The van der Waals surface area contributed by atoms with Gasteiger partial charge in [-0.05, 0) is 6.07 Å². The van der Waals surface area contributed by atoms with Gasteiger partial charge in [-0.3, -0.25) is 5.10 Å². The van der Waals surface area contributed by atoms with Gasteiger partial charge in [0.15, 0.2) is 11.6 Å². The molecule has 0 aliphatic carbocycles. The van der Waals surface area contributed by atoms with E-state index in [1.165, 1.54) is 13.4 Å². The lowest BCUT2D eigenvalue weighted by Crippen LogP contribution is -2.03. The van der Waals surface area contributed by atoms with Crippen LogP contribution in [0.1, 0.15) is 0 Å². The van der Waals surface area contributed by atoms with Crippen molar-refractivity contribution in [3.8, 4) is 5.75 Å². The van der Waals surface area contributed by atoms with Crippen LogP contribution in [-0.2, 0) is 0 Å². The van der Waals surface area contributed by atoms with E-state index in [-0.39, 0.29) is 11.6 Å². The van der Waals surface area contributed by atoms with Crippen LogP contribution in [0.4, 0.5) is 21.7 Å². The van der Waals surface area contributed by atoms with E-state index in [0.717, 1.165) is 10.9 Å². The van der Waals surface area contributed by atoms with Gasteiger partial charge in [-0.15, -0.1) is 0 Å². The number of fused-ring (bicyclic) bond motifs is 1. The summed E-state index contributed by atoms with van der Waals surface area (Å²) >= 11 is 0. The highest BCUT2D eigenvalue weighted by molar-refractivity contribution is 5.86. The van der Waals surface area contributed by atoms with Crippen molar-refractivity contribution in [2.75, 3.05) is 18.2 Å². The average molecular weight is 274 g/mol. The Balaban J connectivity index is 2.07. The maximum atomic E-state index is 13.8. The molecule has 0 aliphatic heterocycles. The number of methoxy groups -OCH3 is 1. The molecule has 0 atom stereocenters. The molecule has 0 amide bonds. The summed E-state index contributed by atoms with van der Waals surface area (Å²) in [6.07, 6.45) is 2.84. The summed E-state index contributed by atoms with van der Waals surface area (Å²) in [4.78, 5) is 7.39. The number of aromatic amines is 1. The summed E-state index contributed by atoms with van der Waals surface area (Å²) < 4.78 is 19.1. The molecule has 102 valence electrons. The number of hydrogen-bond acceptors (Lipinski definition) is 6. The molecule has 0 saturated heterocycles. The van der Waals surface area contributed by atoms with Gasteiger partial charge in [0.25, 0.3) is 0 Å². The van der Waals surface area contributed by atoms with Crippen molar-refractivity contribution >= 4 is 28.2 Å². The van der Waals surface area contributed by atoms with Gasteiger partial charge in [0, 0.05) is 11.5 Å². The molecule has 4 N–H and O–H groups in total. The maximum Gasteiger partial charge on any atom is 0.207 e. The number of H-pyrrole nitrogens is 1. The molecular weight excluding hydrogens is 263 g/mol. The van der Waals surface area contributed by atoms with Crippen molar-refractivity contribution in [1.82, 2.24) is 20.2 Å². The molecule has 8 heteroatoms. The lowest BCUT2D eigenvalue weighted by atomic mass is 10.2. The van der Waals surface area contributed by atoms with E-state index in [4.69, 9.17) is 10.5 Å². The van der Waals surface area contributed by atoms with Crippen LogP contribution < -0.4 is 15.8 Å². The van der Waals surface area contributed by atoms with E-state index < -0.39 is 5.82 Å². The molecular formula is C12H11FN6O. The first-order valence-electron chi connectivity index (χ1n) is 5.73. The molecule has 3 aromatic rings. The van der Waals surface area contributed by atoms with Gasteiger partial charge in [0.2, 0.25) is 5.82 Å². The minimum atomic E-state index is -0.707. The molecule has 0 unspecified atom stereocenters. The minimum Gasteiger partial charge on any atom is -0.494 e. The predicted molar refractivity (Wildman–Crippen MR) is 72.3 cm³/mol. The second kappa shape index (κ2) is 4.65. The fourth-order valence-electron chi connectivity index (χ4n) is 1.84. The van der Waals surface area contributed by atoms with Crippen molar-refractivity contribution in [2.45, 2.75) is 0 Å². The van der Waals surface area contributed by atoms with E-state index in [1.807, 2.05) is 0 Å². The first-order chi connectivity index (χ1) is 9.69. The van der Waals surface area contributed by atoms with Crippen LogP contribution in [0.15, 0.2) is 24.7 Å². The van der Waals surface area contributed by atoms with Gasteiger partial charge in [0.05, 0.1) is 24.5 Å². The van der Waals surface area contributed by atoms with Crippen LogP contribution in [0, 0.1) is 5.82 Å². The van der Waals surface area contributed by atoms with Gasteiger partial charge in [0.1, 0.15) is 12.1 Å². The molecule has 0 saturated carbocycles. The Morgan fingerprint density at radius 2 is 2.20 bits per heavy atom. The van der Waals surface area contributed by atoms with Gasteiger partial charge in [-0.1, -0.05) is 0 Å². The smallest absolute Gasteiger partial charge is 0.207 e. The summed E-state index contributed by atoms with van der Waals surface area (Å²) in [5, 5.41) is 10.5. The zero-order valence-corrected chi connectivity index (χ0v) is 10.5. The Morgan fingerprint density at radius 3 is 3.00 bits per heavy atom. The summed E-state index contributed by atoms with van der Waals surface area (Å²) in [5.41, 5.74) is 6.78. The predicted octanol–water partition coefficient (Wildman–Crippen LogP) is 1.83. The third-order valence-corrected chi connectivity index (χ3v) is 2.83. The number of nitrogens with zero attached hydrogens (tertiary/aromatic N) is 3.